The molecule has 10 nitrogen and oxygen atoms in total. The molecule has 1 fully saturated rings. The van der Waals surface area contributed by atoms with Gasteiger partial charge in [0.2, 0.25) is 0 Å². The van der Waals surface area contributed by atoms with Gasteiger partial charge in [0, 0.05) is 12.7 Å². The van der Waals surface area contributed by atoms with E-state index < -0.39 is 61.0 Å². The SMILES string of the molecule is O=C(NC/C=C/c1cn([C@@H]2O[C@H](CO)C(O)[C@@H]2O)c(=O)[nH]c1=O)C(F)(F)F. The van der Waals surface area contributed by atoms with Crippen LogP contribution in [0.2, 0.25) is 0 Å². The molecule has 150 valence electrons. The number of ether oxygens (including phenoxy) is 1. The standard InChI is InChI=1S/C14H16F3N3O7/c15-14(16,17)12(25)18-3-1-2-6-4-20(13(26)19-10(6)24)11-9(23)8(22)7(5-21)27-11/h1-2,4,7-9,11,21-23H,3,5H2,(H,18,25)(H,19,24,26)/b2-1+/t7-,8?,9+,11-/m1/s1. The van der Waals surface area contributed by atoms with Crippen molar-refractivity contribution < 1.29 is 38.0 Å². The van der Waals surface area contributed by atoms with Gasteiger partial charge in [0.1, 0.15) is 18.3 Å². The number of halogens is 3. The molecule has 5 N–H and O–H groups in total. The zero-order valence-corrected chi connectivity index (χ0v) is 13.5. The fourth-order valence-corrected chi connectivity index (χ4v) is 2.36. The zero-order chi connectivity index (χ0) is 20.4. The van der Waals surface area contributed by atoms with E-state index >= 15 is 0 Å². The highest BCUT2D eigenvalue weighted by atomic mass is 19.4. The fraction of sp³-hybridized carbons (Fsp3) is 0.500. The second kappa shape index (κ2) is 8.04. The van der Waals surface area contributed by atoms with Crippen molar-refractivity contribution in [3.05, 3.63) is 38.7 Å². The van der Waals surface area contributed by atoms with Crippen LogP contribution in [0.25, 0.3) is 6.08 Å². The largest absolute Gasteiger partial charge is 0.471 e. The Morgan fingerprint density at radius 2 is 2.00 bits per heavy atom. The lowest BCUT2D eigenvalue weighted by atomic mass is 10.1. The molecule has 4 atom stereocenters. The molecular weight excluding hydrogens is 379 g/mol. The van der Waals surface area contributed by atoms with E-state index in [0.717, 1.165) is 22.9 Å². The monoisotopic (exact) mass is 395 g/mol. The molecule has 1 aromatic heterocycles. The van der Waals surface area contributed by atoms with Crippen molar-refractivity contribution in [2.45, 2.75) is 30.7 Å². The molecule has 0 aliphatic carbocycles. The van der Waals surface area contributed by atoms with Crippen molar-refractivity contribution in [1.29, 1.82) is 0 Å². The minimum absolute atomic E-state index is 0.186. The van der Waals surface area contributed by atoms with E-state index in [2.05, 4.69) is 0 Å². The highest BCUT2D eigenvalue weighted by molar-refractivity contribution is 5.81. The lowest BCUT2D eigenvalue weighted by molar-refractivity contribution is -0.173. The molecule has 2 heterocycles. The average Bonchev–Trinajstić information content (AvgIpc) is 2.87. The Morgan fingerprint density at radius 3 is 2.56 bits per heavy atom. The van der Waals surface area contributed by atoms with E-state index in [0.29, 0.717) is 0 Å². The van der Waals surface area contributed by atoms with Crippen molar-refractivity contribution in [1.82, 2.24) is 14.9 Å². The van der Waals surface area contributed by atoms with Crippen molar-refractivity contribution in [2.75, 3.05) is 13.2 Å². The van der Waals surface area contributed by atoms with Crippen LogP contribution in [-0.2, 0) is 9.53 Å². The molecule has 0 spiro atoms. The molecule has 0 aromatic carbocycles. The summed E-state index contributed by atoms with van der Waals surface area (Å²) in [6, 6.07) is 0. The normalized spacial score (nSPS) is 25.9. The number of aliphatic hydroxyl groups excluding tert-OH is 3. The number of hydrogen-bond donors (Lipinski definition) is 5. The molecule has 2 rings (SSSR count). The number of nitrogens with zero attached hydrogens (tertiary/aromatic N) is 1. The average molecular weight is 395 g/mol. The van der Waals surface area contributed by atoms with Gasteiger partial charge in [0.05, 0.1) is 12.2 Å². The topological polar surface area (TPSA) is 154 Å². The number of aliphatic hydroxyl groups is 3. The third-order valence-corrected chi connectivity index (χ3v) is 3.72. The summed E-state index contributed by atoms with van der Waals surface area (Å²) in [6.07, 6.45) is -7.60. The van der Waals surface area contributed by atoms with E-state index in [9.17, 15) is 37.8 Å². The van der Waals surface area contributed by atoms with Gasteiger partial charge in [-0.15, -0.1) is 0 Å². The summed E-state index contributed by atoms with van der Waals surface area (Å²) in [6.45, 7) is -1.16. The minimum Gasteiger partial charge on any atom is -0.394 e. The number of H-pyrrole nitrogens is 1. The number of amides is 1. The number of aromatic amines is 1. The van der Waals surface area contributed by atoms with Crippen LogP contribution < -0.4 is 16.6 Å². The summed E-state index contributed by atoms with van der Waals surface area (Å²) < 4.78 is 42.1. The van der Waals surface area contributed by atoms with Gasteiger partial charge in [-0.25, -0.2) is 4.79 Å². The molecule has 0 bridgehead atoms. The maximum absolute atomic E-state index is 12.1. The van der Waals surface area contributed by atoms with E-state index in [1.807, 2.05) is 4.98 Å². The molecular formula is C14H16F3N3O7. The van der Waals surface area contributed by atoms with Crippen molar-refractivity contribution in [3.8, 4) is 0 Å². The van der Waals surface area contributed by atoms with Gasteiger partial charge >= 0.3 is 17.8 Å². The number of alkyl halides is 3. The van der Waals surface area contributed by atoms with Crippen molar-refractivity contribution in [2.24, 2.45) is 0 Å². The molecule has 0 radical (unpaired) electrons. The van der Waals surface area contributed by atoms with Crippen molar-refractivity contribution in [3.63, 3.8) is 0 Å². The summed E-state index contributed by atoms with van der Waals surface area (Å²) >= 11 is 0. The number of hydrogen-bond acceptors (Lipinski definition) is 7. The molecule has 0 saturated carbocycles. The number of carbonyl (C=O) groups is 1. The maximum atomic E-state index is 12.1. The first-order valence-corrected chi connectivity index (χ1v) is 7.55. The van der Waals surface area contributed by atoms with Crippen LogP contribution in [-0.4, -0.2) is 68.4 Å². The first-order valence-electron chi connectivity index (χ1n) is 7.55. The summed E-state index contributed by atoms with van der Waals surface area (Å²) in [4.78, 5) is 36.3. The molecule has 1 aliphatic heterocycles. The Hall–Kier alpha value is -2.48. The van der Waals surface area contributed by atoms with E-state index in [-0.39, 0.29) is 5.56 Å². The van der Waals surface area contributed by atoms with E-state index in [1.165, 1.54) is 0 Å². The Bertz CT molecular complexity index is 832. The molecule has 1 unspecified atom stereocenters. The van der Waals surface area contributed by atoms with Crippen LogP contribution >= 0.6 is 0 Å². The Labute approximate surface area is 148 Å². The summed E-state index contributed by atoms with van der Waals surface area (Å²) in [5.41, 5.74) is -2.03. The van der Waals surface area contributed by atoms with Gasteiger partial charge < -0.3 is 25.4 Å². The fourth-order valence-electron chi connectivity index (χ4n) is 2.36. The lowest BCUT2D eigenvalue weighted by Crippen LogP contribution is -2.38. The number of nitrogens with one attached hydrogen (secondary N) is 2. The quantitative estimate of drug-likeness (QED) is 0.381. The van der Waals surface area contributed by atoms with Crippen LogP contribution in [0.4, 0.5) is 13.2 Å². The van der Waals surface area contributed by atoms with Crippen LogP contribution in [0.3, 0.4) is 0 Å². The van der Waals surface area contributed by atoms with Gasteiger partial charge in [-0.2, -0.15) is 13.2 Å². The van der Waals surface area contributed by atoms with E-state index in [4.69, 9.17) is 9.84 Å². The minimum atomic E-state index is -5.04. The molecule has 1 aliphatic rings. The number of aromatic nitrogens is 2. The Morgan fingerprint density at radius 1 is 1.33 bits per heavy atom. The van der Waals surface area contributed by atoms with Crippen LogP contribution in [0, 0.1) is 0 Å². The smallest absolute Gasteiger partial charge is 0.394 e. The third-order valence-electron chi connectivity index (χ3n) is 3.72. The second-order valence-electron chi connectivity index (χ2n) is 5.59. The van der Waals surface area contributed by atoms with Crippen molar-refractivity contribution >= 4 is 12.0 Å². The number of carbonyl (C=O) groups excluding carboxylic acids is 1. The Balaban J connectivity index is 2.19. The predicted molar refractivity (Wildman–Crippen MR) is 82.4 cm³/mol. The van der Waals surface area contributed by atoms with E-state index in [1.54, 1.807) is 5.32 Å². The lowest BCUT2D eigenvalue weighted by Gasteiger charge is -2.17. The predicted octanol–water partition coefficient (Wildman–Crippen LogP) is -2.16. The highest BCUT2D eigenvalue weighted by Crippen LogP contribution is 2.28. The van der Waals surface area contributed by atoms with Crippen LogP contribution in [0.5, 0.6) is 0 Å². The van der Waals surface area contributed by atoms with Crippen LogP contribution in [0.15, 0.2) is 21.9 Å². The molecule has 1 aromatic rings. The maximum Gasteiger partial charge on any atom is 0.471 e. The van der Waals surface area contributed by atoms with Gasteiger partial charge in [-0.05, 0) is 0 Å². The summed E-state index contributed by atoms with van der Waals surface area (Å²) in [5.74, 6) is -2.16. The number of rotatable bonds is 5. The first kappa shape index (κ1) is 20.8. The van der Waals surface area contributed by atoms with Gasteiger partial charge in [0.15, 0.2) is 6.23 Å². The molecule has 1 amide bonds. The van der Waals surface area contributed by atoms with Gasteiger partial charge in [0.25, 0.3) is 5.56 Å². The van der Waals surface area contributed by atoms with Gasteiger partial charge in [-0.3, -0.25) is 19.1 Å². The van der Waals surface area contributed by atoms with Crippen LogP contribution in [0.1, 0.15) is 11.8 Å². The summed E-state index contributed by atoms with van der Waals surface area (Å²) in [7, 11) is 0. The first-order chi connectivity index (χ1) is 12.6. The Kier molecular flexibility index (Phi) is 6.20. The second-order valence-corrected chi connectivity index (χ2v) is 5.59. The third kappa shape index (κ3) is 4.63. The molecule has 13 heteroatoms. The zero-order valence-electron chi connectivity index (χ0n) is 13.5. The van der Waals surface area contributed by atoms with Gasteiger partial charge in [-0.1, -0.05) is 12.2 Å². The molecule has 1 saturated heterocycles. The molecule has 27 heavy (non-hydrogen) atoms. The summed E-state index contributed by atoms with van der Waals surface area (Å²) in [5, 5.41) is 30.3. The highest BCUT2D eigenvalue weighted by Gasteiger charge is 2.43.